The number of carbonyl (C=O) groups is 3. The monoisotopic (exact) mass is 560 g/mol. The number of nitrogens with zero attached hydrogens (tertiary/aromatic N) is 1. The second-order valence-electron chi connectivity index (χ2n) is 8.99. The maximum Gasteiger partial charge on any atom is 0.490 e. The number of halogens is 5. The number of amides is 1. The molecule has 0 aromatic heterocycles. The van der Waals surface area contributed by atoms with Crippen molar-refractivity contribution in [3.8, 4) is 0 Å². The van der Waals surface area contributed by atoms with Crippen LogP contribution >= 0.6 is 23.2 Å². The van der Waals surface area contributed by atoms with Crippen LogP contribution in [0.25, 0.3) is 0 Å². The molecule has 2 aromatic rings. The summed E-state index contributed by atoms with van der Waals surface area (Å²) in [5.74, 6) is -2.37. The van der Waals surface area contributed by atoms with E-state index in [1.807, 2.05) is 50.2 Å². The maximum atomic E-state index is 12.4. The number of Topliss-reactive ketones (excluding diaryl/α,β-unsaturated/α-hetero) is 1. The fraction of sp³-hybridized carbons (Fsp3) is 0.423. The van der Waals surface area contributed by atoms with Gasteiger partial charge < -0.3 is 10.4 Å². The molecule has 2 aromatic carbocycles. The molecule has 1 atom stereocenters. The smallest absolute Gasteiger partial charge is 0.475 e. The molecule has 11 heteroatoms. The first-order valence-electron chi connectivity index (χ1n) is 11.6. The van der Waals surface area contributed by atoms with Crippen LogP contribution in [0.1, 0.15) is 46.3 Å². The summed E-state index contributed by atoms with van der Waals surface area (Å²) in [4.78, 5) is 35.9. The van der Waals surface area contributed by atoms with E-state index in [0.29, 0.717) is 22.5 Å². The highest BCUT2D eigenvalue weighted by molar-refractivity contribution is 6.42. The number of carboxylic acid groups (broad SMARTS) is 1. The molecule has 202 valence electrons. The third-order valence-corrected chi connectivity index (χ3v) is 6.60. The van der Waals surface area contributed by atoms with Crippen molar-refractivity contribution in [1.82, 2.24) is 10.2 Å². The molecule has 0 saturated carbocycles. The lowest BCUT2D eigenvalue weighted by Crippen LogP contribution is -2.31. The van der Waals surface area contributed by atoms with Crippen LogP contribution < -0.4 is 5.32 Å². The van der Waals surface area contributed by atoms with Crippen LogP contribution in [-0.2, 0) is 16.1 Å². The Balaban J connectivity index is 0.000000604. The Morgan fingerprint density at radius 3 is 2.35 bits per heavy atom. The first-order valence-corrected chi connectivity index (χ1v) is 12.4. The summed E-state index contributed by atoms with van der Waals surface area (Å²) in [7, 11) is 0. The van der Waals surface area contributed by atoms with E-state index < -0.39 is 12.1 Å². The molecule has 1 saturated heterocycles. The predicted molar refractivity (Wildman–Crippen MR) is 136 cm³/mol. The van der Waals surface area contributed by atoms with Crippen molar-refractivity contribution < 1.29 is 32.7 Å². The van der Waals surface area contributed by atoms with Gasteiger partial charge in [-0.15, -0.1) is 0 Å². The lowest BCUT2D eigenvalue weighted by Gasteiger charge is -2.17. The van der Waals surface area contributed by atoms with E-state index in [1.165, 1.54) is 0 Å². The van der Waals surface area contributed by atoms with Gasteiger partial charge in [-0.2, -0.15) is 13.2 Å². The third kappa shape index (κ3) is 10.3. The van der Waals surface area contributed by atoms with Crippen LogP contribution in [0.3, 0.4) is 0 Å². The van der Waals surface area contributed by atoms with Crippen LogP contribution in [0.2, 0.25) is 10.0 Å². The van der Waals surface area contributed by atoms with Crippen LogP contribution in [0.15, 0.2) is 36.4 Å². The average Bonchev–Trinajstić information content (AvgIpc) is 3.27. The van der Waals surface area contributed by atoms with Crippen molar-refractivity contribution in [3.63, 3.8) is 0 Å². The molecule has 0 aliphatic carbocycles. The van der Waals surface area contributed by atoms with Crippen molar-refractivity contribution in [2.24, 2.45) is 5.92 Å². The van der Waals surface area contributed by atoms with E-state index in [-0.39, 0.29) is 24.5 Å². The molecule has 3 rings (SSSR count). The number of aryl methyl sites for hydroxylation is 2. The second kappa shape index (κ2) is 13.8. The number of nitrogens with one attached hydrogen (secondary N) is 1. The highest BCUT2D eigenvalue weighted by Gasteiger charge is 2.38. The largest absolute Gasteiger partial charge is 0.490 e. The number of alkyl halides is 3. The summed E-state index contributed by atoms with van der Waals surface area (Å²) in [6.45, 7) is 7.29. The van der Waals surface area contributed by atoms with Crippen molar-refractivity contribution >= 4 is 40.9 Å². The molecule has 1 aliphatic heterocycles. The summed E-state index contributed by atoms with van der Waals surface area (Å²) in [5.41, 5.74) is 3.87. The van der Waals surface area contributed by atoms with Crippen molar-refractivity contribution in [2.75, 3.05) is 19.6 Å². The summed E-state index contributed by atoms with van der Waals surface area (Å²) in [6.07, 6.45) is -3.57. The topological polar surface area (TPSA) is 86.7 Å². The Morgan fingerprint density at radius 2 is 1.73 bits per heavy atom. The van der Waals surface area contributed by atoms with Gasteiger partial charge in [-0.3, -0.25) is 14.5 Å². The number of hydrogen-bond acceptors (Lipinski definition) is 4. The summed E-state index contributed by atoms with van der Waals surface area (Å²) >= 11 is 12.1. The minimum absolute atomic E-state index is 0.0278. The molecular weight excluding hydrogens is 532 g/mol. The summed E-state index contributed by atoms with van der Waals surface area (Å²) in [5, 5.41) is 11.3. The molecule has 2 N–H and O–H groups in total. The van der Waals surface area contributed by atoms with Gasteiger partial charge in [0.05, 0.1) is 10.0 Å². The Labute approximate surface area is 223 Å². The van der Waals surface area contributed by atoms with Gasteiger partial charge in [-0.1, -0.05) is 47.0 Å². The number of carboxylic acids is 1. The number of rotatable bonds is 8. The van der Waals surface area contributed by atoms with Gasteiger partial charge in [-0.25, -0.2) is 4.79 Å². The van der Waals surface area contributed by atoms with E-state index in [0.717, 1.165) is 48.3 Å². The number of aliphatic carboxylic acids is 1. The van der Waals surface area contributed by atoms with Crippen molar-refractivity contribution in [2.45, 2.75) is 45.8 Å². The molecule has 0 spiro atoms. The van der Waals surface area contributed by atoms with Gasteiger partial charge in [0, 0.05) is 38.0 Å². The standard InChI is InChI=1S/C24H28Cl2N2O2.C2HF3O2/c1-16-3-4-17(2)20(11-16)23(29)7-8-24(30)27-13-19-9-10-28(15-19)14-18-5-6-21(25)22(26)12-18;3-2(4,5)1(6)7/h3-6,11-12,19H,7-10,13-15H2,1-2H3,(H,27,30);(H,6,7). The number of likely N-dealkylation sites (tertiary alicyclic amines) is 1. The number of benzene rings is 2. The first-order chi connectivity index (χ1) is 17.3. The molecular formula is C26H29Cl2F3N2O4. The van der Waals surface area contributed by atoms with Gasteiger partial charge in [0.15, 0.2) is 5.78 Å². The van der Waals surface area contributed by atoms with Gasteiger partial charge in [-0.05, 0) is 62.1 Å². The van der Waals surface area contributed by atoms with Crippen molar-refractivity contribution in [1.29, 1.82) is 0 Å². The third-order valence-electron chi connectivity index (χ3n) is 5.86. The Bertz CT molecular complexity index is 1130. The molecule has 1 aliphatic rings. The zero-order valence-corrected chi connectivity index (χ0v) is 22.0. The lowest BCUT2D eigenvalue weighted by molar-refractivity contribution is -0.192. The zero-order valence-electron chi connectivity index (χ0n) is 20.5. The average molecular weight is 561 g/mol. The molecule has 6 nitrogen and oxygen atoms in total. The Hall–Kier alpha value is -2.62. The molecule has 1 amide bonds. The Kier molecular flexibility index (Phi) is 11.4. The van der Waals surface area contributed by atoms with Gasteiger partial charge in [0.2, 0.25) is 5.91 Å². The molecule has 1 unspecified atom stereocenters. The normalized spacial score (nSPS) is 15.6. The van der Waals surface area contributed by atoms with E-state index in [1.54, 1.807) is 0 Å². The minimum atomic E-state index is -5.08. The lowest BCUT2D eigenvalue weighted by atomic mass is 9.99. The minimum Gasteiger partial charge on any atom is -0.475 e. The highest BCUT2D eigenvalue weighted by atomic mass is 35.5. The van der Waals surface area contributed by atoms with E-state index in [4.69, 9.17) is 33.1 Å². The molecule has 37 heavy (non-hydrogen) atoms. The maximum absolute atomic E-state index is 12.4. The van der Waals surface area contributed by atoms with E-state index in [2.05, 4.69) is 10.2 Å². The van der Waals surface area contributed by atoms with E-state index in [9.17, 15) is 22.8 Å². The molecule has 1 heterocycles. The van der Waals surface area contributed by atoms with Gasteiger partial charge in [0.1, 0.15) is 0 Å². The number of carbonyl (C=O) groups excluding carboxylic acids is 2. The van der Waals surface area contributed by atoms with Crippen LogP contribution in [0.4, 0.5) is 13.2 Å². The second-order valence-corrected chi connectivity index (χ2v) is 9.80. The molecule has 1 fully saturated rings. The quantitative estimate of drug-likeness (QED) is 0.396. The highest BCUT2D eigenvalue weighted by Crippen LogP contribution is 2.25. The van der Waals surface area contributed by atoms with Gasteiger partial charge >= 0.3 is 12.1 Å². The fourth-order valence-electron chi connectivity index (χ4n) is 3.86. The van der Waals surface area contributed by atoms with Crippen LogP contribution in [0.5, 0.6) is 0 Å². The zero-order chi connectivity index (χ0) is 27.8. The van der Waals surface area contributed by atoms with Crippen LogP contribution in [0, 0.1) is 19.8 Å². The number of hydrogen-bond donors (Lipinski definition) is 2. The molecule has 0 bridgehead atoms. The number of ketones is 1. The summed E-state index contributed by atoms with van der Waals surface area (Å²) < 4.78 is 31.7. The van der Waals surface area contributed by atoms with Crippen molar-refractivity contribution in [3.05, 3.63) is 68.7 Å². The summed E-state index contributed by atoms with van der Waals surface area (Å²) in [6, 6.07) is 11.6. The first kappa shape index (κ1) is 30.6. The SMILES string of the molecule is Cc1ccc(C)c(C(=O)CCC(=O)NCC2CCN(Cc3ccc(Cl)c(Cl)c3)C2)c1.O=C(O)C(F)(F)F. The fourth-order valence-corrected chi connectivity index (χ4v) is 4.18. The van der Waals surface area contributed by atoms with Gasteiger partial charge in [0.25, 0.3) is 0 Å². The Morgan fingerprint density at radius 1 is 1.05 bits per heavy atom. The predicted octanol–water partition coefficient (Wildman–Crippen LogP) is 5.84. The molecule has 0 radical (unpaired) electrons. The van der Waals surface area contributed by atoms with Crippen LogP contribution in [-0.4, -0.2) is 53.5 Å². The van der Waals surface area contributed by atoms with E-state index >= 15 is 0 Å².